The van der Waals surface area contributed by atoms with Crippen molar-refractivity contribution in [3.63, 3.8) is 0 Å². The second kappa shape index (κ2) is 11.3. The number of anilines is 1. The molecule has 180 valence electrons. The molecule has 3 rings (SSSR count). The van der Waals surface area contributed by atoms with Crippen molar-refractivity contribution in [2.75, 3.05) is 25.0 Å². The second-order valence-corrected chi connectivity index (χ2v) is 8.01. The normalized spacial score (nSPS) is 15.9. The zero-order valence-electron chi connectivity index (χ0n) is 17.9. The molecule has 11 nitrogen and oxygen atoms in total. The van der Waals surface area contributed by atoms with E-state index < -0.39 is 36.5 Å². The molecule has 1 heterocycles. The number of nitrogens with one attached hydrogen (secondary N) is 4. The lowest BCUT2D eigenvalue weighted by Crippen LogP contribution is -2.42. The Morgan fingerprint density at radius 2 is 2.00 bits per heavy atom. The van der Waals surface area contributed by atoms with E-state index in [0.29, 0.717) is 28.8 Å². The van der Waals surface area contributed by atoms with Gasteiger partial charge in [-0.1, -0.05) is 23.7 Å². The average Bonchev–Trinajstić information content (AvgIpc) is 2.78. The predicted octanol–water partition coefficient (Wildman–Crippen LogP) is 0.840. The van der Waals surface area contributed by atoms with Crippen LogP contribution in [0.1, 0.15) is 28.4 Å². The zero-order chi connectivity index (χ0) is 24.7. The summed E-state index contributed by atoms with van der Waals surface area (Å²) in [6.45, 7) is 0.111. The van der Waals surface area contributed by atoms with Gasteiger partial charge in [0.15, 0.2) is 5.96 Å². The number of β-amino-alcohol motifs (C(OH)–C–C–N with tert-alkyl or cyclic N) is 1. The monoisotopic (exact) mass is 489 g/mol. The Morgan fingerprint density at radius 3 is 2.68 bits per heavy atom. The number of aliphatic hydroxyl groups excluding tert-OH is 1. The summed E-state index contributed by atoms with van der Waals surface area (Å²) in [6, 6.07) is 9.72. The number of aliphatic hydroxyl groups is 1. The maximum Gasteiger partial charge on any atom is 0.305 e. The third kappa shape index (κ3) is 7.36. The van der Waals surface area contributed by atoms with E-state index in [-0.39, 0.29) is 24.3 Å². The van der Waals surface area contributed by atoms with E-state index in [4.69, 9.17) is 16.7 Å². The number of hydrogen-bond donors (Lipinski definition) is 7. The smallest absolute Gasteiger partial charge is 0.305 e. The summed E-state index contributed by atoms with van der Waals surface area (Å²) in [4.78, 5) is 40.3. The van der Waals surface area contributed by atoms with Gasteiger partial charge in [0.2, 0.25) is 5.91 Å². The summed E-state index contributed by atoms with van der Waals surface area (Å²) in [5, 5.41) is 39.8. The first-order valence-corrected chi connectivity index (χ1v) is 10.7. The second-order valence-electron chi connectivity index (χ2n) is 7.57. The van der Waals surface area contributed by atoms with Crippen LogP contribution >= 0.6 is 11.6 Å². The van der Waals surface area contributed by atoms with Gasteiger partial charge in [0.1, 0.15) is 5.75 Å². The zero-order valence-corrected chi connectivity index (χ0v) is 18.7. The summed E-state index contributed by atoms with van der Waals surface area (Å²) in [6.07, 6.45) is -0.951. The predicted molar refractivity (Wildman–Crippen MR) is 125 cm³/mol. The van der Waals surface area contributed by atoms with Crippen molar-refractivity contribution in [3.8, 4) is 5.75 Å². The summed E-state index contributed by atoms with van der Waals surface area (Å²) >= 11 is 5.96. The number of aromatic hydroxyl groups is 1. The van der Waals surface area contributed by atoms with Crippen molar-refractivity contribution >= 4 is 41.0 Å². The van der Waals surface area contributed by atoms with Gasteiger partial charge in [-0.15, -0.1) is 0 Å². The molecule has 12 heteroatoms. The Morgan fingerprint density at radius 1 is 1.21 bits per heavy atom. The van der Waals surface area contributed by atoms with Gasteiger partial charge in [0.25, 0.3) is 5.91 Å². The lowest BCUT2D eigenvalue weighted by molar-refractivity contribution is -0.137. The number of hydrogen-bond acceptors (Lipinski definition) is 8. The number of carboxylic acids is 1. The molecule has 1 aliphatic rings. The first kappa shape index (κ1) is 24.8. The molecule has 1 unspecified atom stereocenters. The van der Waals surface area contributed by atoms with Crippen LogP contribution in [0.25, 0.3) is 0 Å². The number of carbonyl (C=O) groups excluding carboxylic acids is 2. The molecule has 0 fully saturated rings. The van der Waals surface area contributed by atoms with Crippen molar-refractivity contribution in [1.82, 2.24) is 16.0 Å². The number of aliphatic imine (C=N–C) groups is 1. The van der Waals surface area contributed by atoms with Crippen molar-refractivity contribution in [1.29, 1.82) is 0 Å². The Labute approximate surface area is 199 Å². The van der Waals surface area contributed by atoms with Crippen LogP contribution in [0, 0.1) is 0 Å². The molecule has 0 saturated carbocycles. The number of phenolic OH excluding ortho intramolecular Hbond substituents is 1. The lowest BCUT2D eigenvalue weighted by Gasteiger charge is -2.20. The van der Waals surface area contributed by atoms with E-state index in [1.54, 1.807) is 24.3 Å². The van der Waals surface area contributed by atoms with Crippen LogP contribution in [0.2, 0.25) is 5.02 Å². The molecule has 0 aliphatic carbocycles. The minimum Gasteiger partial charge on any atom is -0.508 e. The van der Waals surface area contributed by atoms with E-state index >= 15 is 0 Å². The number of carboxylic acid groups (broad SMARTS) is 1. The van der Waals surface area contributed by atoms with Crippen molar-refractivity contribution in [3.05, 3.63) is 58.6 Å². The fourth-order valence-corrected chi connectivity index (χ4v) is 3.42. The quantitative estimate of drug-likeness (QED) is 0.285. The van der Waals surface area contributed by atoms with Gasteiger partial charge < -0.3 is 36.6 Å². The first-order chi connectivity index (χ1) is 16.2. The average molecular weight is 490 g/mol. The van der Waals surface area contributed by atoms with Gasteiger partial charge in [-0.3, -0.25) is 19.4 Å². The van der Waals surface area contributed by atoms with Crippen molar-refractivity contribution in [2.45, 2.75) is 18.6 Å². The molecule has 2 amide bonds. The largest absolute Gasteiger partial charge is 0.508 e. The highest BCUT2D eigenvalue weighted by Crippen LogP contribution is 2.21. The Kier molecular flexibility index (Phi) is 8.28. The van der Waals surface area contributed by atoms with Gasteiger partial charge in [-0.25, -0.2) is 0 Å². The molecule has 0 aromatic heterocycles. The highest BCUT2D eigenvalue weighted by Gasteiger charge is 2.19. The maximum atomic E-state index is 12.5. The number of carbonyl (C=O) groups is 3. The van der Waals surface area contributed by atoms with Gasteiger partial charge in [0, 0.05) is 28.9 Å². The molecule has 1 aliphatic heterocycles. The van der Waals surface area contributed by atoms with Crippen LogP contribution < -0.4 is 21.3 Å². The molecule has 2 atom stereocenters. The van der Waals surface area contributed by atoms with E-state index in [9.17, 15) is 24.6 Å². The number of benzene rings is 2. The van der Waals surface area contributed by atoms with Crippen LogP contribution in [0.15, 0.2) is 47.5 Å². The van der Waals surface area contributed by atoms with E-state index in [1.807, 2.05) is 0 Å². The minimum atomic E-state index is -1.11. The van der Waals surface area contributed by atoms with Crippen LogP contribution in [-0.2, 0) is 9.59 Å². The minimum absolute atomic E-state index is 0.0867. The van der Waals surface area contributed by atoms with E-state index in [0.717, 1.165) is 0 Å². The van der Waals surface area contributed by atoms with Gasteiger partial charge in [-0.05, 0) is 29.8 Å². The third-order valence-corrected chi connectivity index (χ3v) is 5.02. The molecule has 0 spiro atoms. The van der Waals surface area contributed by atoms with Crippen LogP contribution in [0.4, 0.5) is 5.69 Å². The maximum absolute atomic E-state index is 12.5. The number of halogens is 1. The molecule has 0 saturated heterocycles. The van der Waals surface area contributed by atoms with E-state index in [2.05, 4.69) is 26.3 Å². The Balaban J connectivity index is 1.61. The third-order valence-electron chi connectivity index (χ3n) is 4.78. The molecule has 7 N–H and O–H groups in total. The van der Waals surface area contributed by atoms with Crippen molar-refractivity contribution < 1.29 is 29.7 Å². The Hall–Kier alpha value is -3.83. The molecular weight excluding hydrogens is 466 g/mol. The highest BCUT2D eigenvalue weighted by molar-refractivity contribution is 6.30. The molecule has 0 radical (unpaired) electrons. The summed E-state index contributed by atoms with van der Waals surface area (Å²) < 4.78 is 0. The number of amides is 2. The van der Waals surface area contributed by atoms with Gasteiger partial charge in [0.05, 0.1) is 31.7 Å². The first-order valence-electron chi connectivity index (χ1n) is 10.3. The number of guanidine groups is 1. The Bertz CT molecular complexity index is 1110. The van der Waals surface area contributed by atoms with Crippen LogP contribution in [0.3, 0.4) is 0 Å². The molecule has 2 aromatic carbocycles. The van der Waals surface area contributed by atoms with Crippen molar-refractivity contribution in [2.24, 2.45) is 4.99 Å². The van der Waals surface area contributed by atoms with Gasteiger partial charge >= 0.3 is 5.97 Å². The van der Waals surface area contributed by atoms with E-state index in [1.165, 1.54) is 18.2 Å². The molecule has 2 aromatic rings. The highest BCUT2D eigenvalue weighted by atomic mass is 35.5. The molecular formula is C22H24ClN5O6. The molecule has 34 heavy (non-hydrogen) atoms. The van der Waals surface area contributed by atoms with Crippen LogP contribution in [-0.4, -0.2) is 64.8 Å². The number of phenols is 1. The topological polar surface area (TPSA) is 172 Å². The number of aliphatic carboxylic acids is 1. The number of rotatable bonds is 8. The van der Waals surface area contributed by atoms with Gasteiger partial charge in [-0.2, -0.15) is 0 Å². The number of nitrogens with zero attached hydrogens (tertiary/aromatic N) is 1. The lowest BCUT2D eigenvalue weighted by atomic mass is 10.0. The fourth-order valence-electron chi connectivity index (χ4n) is 3.22. The standard InChI is InChI=1S/C22H24ClN5O6/c23-14-3-1-2-12(4-14)18(8-20(32)33)28-19(31)11-24-21(34)13-5-15(7-16(29)6-13)27-22-25-9-17(30)10-26-22/h1-7,17-18,29-30H,8-11H2,(H,24,34)(H,28,31)(H,32,33)(H2,25,26,27)/t18-/m0/s1. The summed E-state index contributed by atoms with van der Waals surface area (Å²) in [7, 11) is 0. The summed E-state index contributed by atoms with van der Waals surface area (Å²) in [5.41, 5.74) is 0.980. The molecule has 0 bridgehead atoms. The SMILES string of the molecule is O=C(O)C[C@H](NC(=O)CNC(=O)c1cc(O)cc(NC2=NCC(O)CN2)c1)c1cccc(Cl)c1. The fraction of sp³-hybridized carbons (Fsp3) is 0.273. The van der Waals surface area contributed by atoms with Crippen LogP contribution in [0.5, 0.6) is 5.75 Å². The summed E-state index contributed by atoms with van der Waals surface area (Å²) in [5.74, 6) is -2.13.